The van der Waals surface area contributed by atoms with E-state index in [0.29, 0.717) is 12.6 Å². The van der Waals surface area contributed by atoms with Gasteiger partial charge in [0.05, 0.1) is 5.92 Å². The molecule has 0 aromatic heterocycles. The van der Waals surface area contributed by atoms with Gasteiger partial charge in [-0.25, -0.2) is 0 Å². The van der Waals surface area contributed by atoms with Crippen LogP contribution in [0.3, 0.4) is 0 Å². The third-order valence-corrected chi connectivity index (χ3v) is 4.07. The Morgan fingerprint density at radius 3 is 2.47 bits per heavy atom. The highest BCUT2D eigenvalue weighted by molar-refractivity contribution is 5.91. The lowest BCUT2D eigenvalue weighted by Crippen LogP contribution is -2.42. The minimum Gasteiger partial charge on any atom is -0.480 e. The number of hydrogen-bond acceptors (Lipinski definition) is 3. The Morgan fingerprint density at radius 2 is 1.95 bits per heavy atom. The predicted molar refractivity (Wildman–Crippen MR) is 65.2 cm³/mol. The molecule has 1 aliphatic heterocycles. The van der Waals surface area contributed by atoms with Crippen molar-refractivity contribution in [2.75, 3.05) is 13.1 Å². The number of hydrogen-bond donors (Lipinski definition) is 1. The summed E-state index contributed by atoms with van der Waals surface area (Å²) in [6.07, 6.45) is 4.08. The van der Waals surface area contributed by atoms with Crippen molar-refractivity contribution < 1.29 is 19.5 Å². The fourth-order valence-electron chi connectivity index (χ4n) is 2.79. The van der Waals surface area contributed by atoms with Gasteiger partial charge in [-0.05, 0) is 25.7 Å². The van der Waals surface area contributed by atoms with Crippen molar-refractivity contribution in [2.45, 2.75) is 44.2 Å². The van der Waals surface area contributed by atoms with Gasteiger partial charge in [-0.1, -0.05) is 0 Å². The third-order valence-electron chi connectivity index (χ3n) is 4.07. The van der Waals surface area contributed by atoms with E-state index in [-0.39, 0.29) is 36.7 Å². The van der Waals surface area contributed by atoms with Crippen LogP contribution in [0.15, 0.2) is 0 Å². The van der Waals surface area contributed by atoms with E-state index in [2.05, 4.69) is 0 Å². The van der Waals surface area contributed by atoms with Crippen LogP contribution in [0.4, 0.5) is 0 Å². The van der Waals surface area contributed by atoms with Crippen molar-refractivity contribution in [1.29, 1.82) is 0 Å². The summed E-state index contributed by atoms with van der Waals surface area (Å²) in [7, 11) is 0. The van der Waals surface area contributed by atoms with Crippen LogP contribution >= 0.6 is 0 Å². The van der Waals surface area contributed by atoms with Crippen molar-refractivity contribution >= 4 is 17.8 Å². The van der Waals surface area contributed by atoms with Crippen LogP contribution in [0.5, 0.6) is 0 Å². The molecule has 1 N–H and O–H groups in total. The van der Waals surface area contributed by atoms with Gasteiger partial charge in [0.25, 0.3) is 0 Å². The fourth-order valence-corrected chi connectivity index (χ4v) is 2.79. The molecule has 6 heteroatoms. The number of aliphatic carboxylic acids is 1. The van der Waals surface area contributed by atoms with Gasteiger partial charge in [0.2, 0.25) is 11.8 Å². The Hall–Kier alpha value is -1.59. The molecule has 0 radical (unpaired) electrons. The number of rotatable bonds is 5. The maximum Gasteiger partial charge on any atom is 0.323 e. The highest BCUT2D eigenvalue weighted by atomic mass is 16.4. The molecule has 19 heavy (non-hydrogen) atoms. The van der Waals surface area contributed by atoms with Gasteiger partial charge in [-0.15, -0.1) is 0 Å². The summed E-state index contributed by atoms with van der Waals surface area (Å²) in [6.45, 7) is 0.239. The monoisotopic (exact) mass is 266 g/mol. The van der Waals surface area contributed by atoms with E-state index in [0.717, 1.165) is 25.7 Å². The molecule has 0 spiro atoms. The number of carboxylic acid groups (broad SMARTS) is 1. The van der Waals surface area contributed by atoms with Gasteiger partial charge in [-0.3, -0.25) is 14.4 Å². The van der Waals surface area contributed by atoms with Gasteiger partial charge in [0.15, 0.2) is 0 Å². The predicted octanol–water partition coefficient (Wildman–Crippen LogP) is 0.0729. The lowest BCUT2D eigenvalue weighted by Gasteiger charge is -2.23. The smallest absolute Gasteiger partial charge is 0.323 e. The lowest BCUT2D eigenvalue weighted by molar-refractivity contribution is -0.146. The molecule has 2 aliphatic carbocycles. The van der Waals surface area contributed by atoms with Crippen molar-refractivity contribution in [3.05, 3.63) is 0 Å². The summed E-state index contributed by atoms with van der Waals surface area (Å²) in [5, 5.41) is 8.88. The molecule has 2 saturated carbocycles. The molecule has 3 fully saturated rings. The van der Waals surface area contributed by atoms with E-state index in [9.17, 15) is 14.4 Å². The quantitative estimate of drug-likeness (QED) is 0.764. The first kappa shape index (κ1) is 12.4. The largest absolute Gasteiger partial charge is 0.480 e. The van der Waals surface area contributed by atoms with Crippen LogP contribution in [-0.2, 0) is 14.4 Å². The maximum atomic E-state index is 12.4. The summed E-state index contributed by atoms with van der Waals surface area (Å²) >= 11 is 0. The molecule has 1 saturated heterocycles. The van der Waals surface area contributed by atoms with E-state index < -0.39 is 5.97 Å². The first-order chi connectivity index (χ1) is 9.06. The van der Waals surface area contributed by atoms with Crippen molar-refractivity contribution in [1.82, 2.24) is 9.80 Å². The van der Waals surface area contributed by atoms with Gasteiger partial charge in [-0.2, -0.15) is 0 Å². The van der Waals surface area contributed by atoms with Crippen molar-refractivity contribution in [2.24, 2.45) is 5.92 Å². The van der Waals surface area contributed by atoms with Crippen molar-refractivity contribution in [3.8, 4) is 0 Å². The molecule has 3 rings (SSSR count). The second-order valence-electron chi connectivity index (χ2n) is 5.77. The topological polar surface area (TPSA) is 77.9 Å². The van der Waals surface area contributed by atoms with E-state index in [1.165, 1.54) is 4.90 Å². The van der Waals surface area contributed by atoms with Crippen LogP contribution in [0.2, 0.25) is 0 Å². The number of carbonyl (C=O) groups is 3. The third kappa shape index (κ3) is 2.57. The Labute approximate surface area is 111 Å². The van der Waals surface area contributed by atoms with Crippen LogP contribution in [0, 0.1) is 5.92 Å². The summed E-state index contributed by atoms with van der Waals surface area (Å²) < 4.78 is 0. The number of carboxylic acids is 1. The number of likely N-dealkylation sites (tertiary alicyclic amines) is 1. The Kier molecular flexibility index (Phi) is 2.95. The maximum absolute atomic E-state index is 12.4. The first-order valence-corrected chi connectivity index (χ1v) is 6.88. The molecule has 3 aliphatic rings. The van der Waals surface area contributed by atoms with E-state index in [1.807, 2.05) is 0 Å². The highest BCUT2D eigenvalue weighted by Crippen LogP contribution is 2.35. The Morgan fingerprint density at radius 1 is 1.26 bits per heavy atom. The first-order valence-electron chi connectivity index (χ1n) is 6.88. The molecule has 0 aromatic rings. The number of nitrogens with zero attached hydrogens (tertiary/aromatic N) is 2. The zero-order valence-corrected chi connectivity index (χ0v) is 10.7. The summed E-state index contributed by atoms with van der Waals surface area (Å²) in [5.41, 5.74) is 0. The zero-order chi connectivity index (χ0) is 13.6. The van der Waals surface area contributed by atoms with Crippen LogP contribution in [0.25, 0.3) is 0 Å². The number of carbonyl (C=O) groups excluding carboxylic acids is 2. The average molecular weight is 266 g/mol. The molecule has 1 atom stereocenters. The fraction of sp³-hybridized carbons (Fsp3) is 0.769. The second kappa shape index (κ2) is 4.51. The van der Waals surface area contributed by atoms with Crippen LogP contribution < -0.4 is 0 Å². The number of amides is 2. The molecule has 1 heterocycles. The van der Waals surface area contributed by atoms with Gasteiger partial charge in [0.1, 0.15) is 6.54 Å². The summed E-state index contributed by atoms with van der Waals surface area (Å²) in [4.78, 5) is 38.3. The van der Waals surface area contributed by atoms with E-state index in [4.69, 9.17) is 5.11 Å². The Bertz CT molecular complexity index is 428. The van der Waals surface area contributed by atoms with E-state index >= 15 is 0 Å². The molecule has 0 bridgehead atoms. The second-order valence-corrected chi connectivity index (χ2v) is 5.77. The van der Waals surface area contributed by atoms with Crippen LogP contribution in [0.1, 0.15) is 32.1 Å². The molecule has 1 unspecified atom stereocenters. The standard InChI is InChI=1S/C13H18N2O4/c16-11-5-8(6-14(11)9-1-2-9)13(19)15(7-12(17)18)10-3-4-10/h8-10H,1-7H2,(H,17,18). The molecule has 6 nitrogen and oxygen atoms in total. The minimum absolute atomic E-state index is 0.0481. The molecular formula is C13H18N2O4. The molecule has 104 valence electrons. The van der Waals surface area contributed by atoms with Crippen LogP contribution in [-0.4, -0.2) is 57.9 Å². The molecule has 0 aromatic carbocycles. The summed E-state index contributed by atoms with van der Waals surface area (Å²) in [5.74, 6) is -1.43. The normalized spacial score (nSPS) is 26.6. The summed E-state index contributed by atoms with van der Waals surface area (Å²) in [6, 6.07) is 0.410. The molecular weight excluding hydrogens is 248 g/mol. The SMILES string of the molecule is O=C(O)CN(C(=O)C1CC(=O)N(C2CC2)C1)C1CC1. The van der Waals surface area contributed by atoms with Gasteiger partial charge >= 0.3 is 5.97 Å². The Balaban J connectivity index is 1.65. The lowest BCUT2D eigenvalue weighted by atomic mass is 10.1. The minimum atomic E-state index is -0.983. The molecule has 2 amide bonds. The average Bonchev–Trinajstić information content (AvgIpc) is 3.23. The highest BCUT2D eigenvalue weighted by Gasteiger charge is 2.45. The van der Waals surface area contributed by atoms with Gasteiger partial charge in [0, 0.05) is 25.0 Å². The zero-order valence-electron chi connectivity index (χ0n) is 10.7. The van der Waals surface area contributed by atoms with Crippen molar-refractivity contribution in [3.63, 3.8) is 0 Å². The van der Waals surface area contributed by atoms with Gasteiger partial charge < -0.3 is 14.9 Å². The van der Waals surface area contributed by atoms with E-state index in [1.54, 1.807) is 4.90 Å².